The summed E-state index contributed by atoms with van der Waals surface area (Å²) in [5, 5.41) is 4.08. The van der Waals surface area contributed by atoms with E-state index in [1.54, 1.807) is 6.20 Å². The molecule has 1 aromatic heterocycles. The van der Waals surface area contributed by atoms with E-state index in [1.807, 2.05) is 6.07 Å². The third-order valence-corrected chi connectivity index (χ3v) is 4.08. The van der Waals surface area contributed by atoms with Gasteiger partial charge in [-0.15, -0.1) is 0 Å². The summed E-state index contributed by atoms with van der Waals surface area (Å²) >= 11 is 6.19. The van der Waals surface area contributed by atoms with E-state index >= 15 is 0 Å². The molecule has 0 saturated heterocycles. The zero-order valence-electron chi connectivity index (χ0n) is 12.3. The van der Waals surface area contributed by atoms with Gasteiger partial charge in [0.15, 0.2) is 0 Å². The first-order valence-electron chi connectivity index (χ1n) is 7.81. The van der Waals surface area contributed by atoms with Gasteiger partial charge in [0.25, 0.3) is 0 Å². The second kappa shape index (κ2) is 8.48. The first-order chi connectivity index (χ1) is 9.79. The fourth-order valence-electron chi connectivity index (χ4n) is 2.59. The molecule has 0 unspecified atom stereocenters. The zero-order valence-corrected chi connectivity index (χ0v) is 13.1. The Kier molecular flexibility index (Phi) is 6.61. The Bertz CT molecular complexity index is 403. The van der Waals surface area contributed by atoms with Crippen LogP contribution in [-0.4, -0.2) is 17.6 Å². The van der Waals surface area contributed by atoms with Crippen molar-refractivity contribution in [3.63, 3.8) is 0 Å². The Hall–Kier alpha value is -0.800. The van der Waals surface area contributed by atoms with Crippen molar-refractivity contribution in [2.75, 3.05) is 6.54 Å². The maximum Gasteiger partial charge on any atom is 0.213 e. The first kappa shape index (κ1) is 15.6. The summed E-state index contributed by atoms with van der Waals surface area (Å²) in [6.45, 7) is 3.93. The van der Waals surface area contributed by atoms with Gasteiger partial charge in [-0.2, -0.15) is 0 Å². The number of nitrogens with one attached hydrogen (secondary N) is 1. The molecule has 1 fully saturated rings. The molecule has 0 aromatic carbocycles. The van der Waals surface area contributed by atoms with Crippen LogP contribution in [0.5, 0.6) is 5.88 Å². The van der Waals surface area contributed by atoms with E-state index < -0.39 is 0 Å². The summed E-state index contributed by atoms with van der Waals surface area (Å²) in [5.41, 5.74) is 1.07. The number of hydrogen-bond donors (Lipinski definition) is 1. The number of aromatic nitrogens is 1. The van der Waals surface area contributed by atoms with Gasteiger partial charge in [0.05, 0.1) is 5.02 Å². The fraction of sp³-hybridized carbons (Fsp3) is 0.688. The summed E-state index contributed by atoms with van der Waals surface area (Å²) in [6, 6.07) is 1.98. The van der Waals surface area contributed by atoms with Crippen LogP contribution < -0.4 is 10.1 Å². The van der Waals surface area contributed by atoms with Crippen LogP contribution in [0.1, 0.15) is 57.4 Å². The molecule has 1 N–H and O–H groups in total. The van der Waals surface area contributed by atoms with Crippen LogP contribution in [0.2, 0.25) is 5.02 Å². The molecule has 0 spiro atoms. The molecule has 0 bridgehead atoms. The molecular weight excluding hydrogens is 272 g/mol. The Labute approximate surface area is 127 Å². The van der Waals surface area contributed by atoms with Crippen molar-refractivity contribution in [2.24, 2.45) is 0 Å². The zero-order chi connectivity index (χ0) is 14.2. The standard InChI is InChI=1S/C16H25ClN2O/c1-2-9-18-11-13-10-16(19-12-15(13)17)20-14-7-5-3-4-6-8-14/h10,12,14,18H,2-9,11H2,1H3. The third kappa shape index (κ3) is 4.95. The molecule has 4 heteroatoms. The Morgan fingerprint density at radius 1 is 1.30 bits per heavy atom. The lowest BCUT2D eigenvalue weighted by atomic mass is 10.1. The van der Waals surface area contributed by atoms with Crippen molar-refractivity contribution in [3.8, 4) is 5.88 Å². The molecule has 0 amide bonds. The minimum absolute atomic E-state index is 0.322. The molecule has 112 valence electrons. The van der Waals surface area contributed by atoms with Crippen LogP contribution in [0.15, 0.2) is 12.3 Å². The largest absolute Gasteiger partial charge is 0.474 e. The maximum absolute atomic E-state index is 6.19. The van der Waals surface area contributed by atoms with E-state index in [0.29, 0.717) is 11.1 Å². The highest BCUT2D eigenvalue weighted by molar-refractivity contribution is 6.31. The number of nitrogens with zero attached hydrogens (tertiary/aromatic N) is 1. The molecule has 0 aliphatic heterocycles. The van der Waals surface area contributed by atoms with E-state index in [1.165, 1.54) is 25.7 Å². The smallest absolute Gasteiger partial charge is 0.213 e. The van der Waals surface area contributed by atoms with Crippen LogP contribution in [0.4, 0.5) is 0 Å². The molecule has 0 radical (unpaired) electrons. The summed E-state index contributed by atoms with van der Waals surface area (Å²) in [6.07, 6.45) is 10.6. The molecular formula is C16H25ClN2O. The molecule has 1 saturated carbocycles. The predicted molar refractivity (Wildman–Crippen MR) is 83.4 cm³/mol. The average Bonchev–Trinajstić information content (AvgIpc) is 2.71. The molecule has 2 rings (SSSR count). The lowest BCUT2D eigenvalue weighted by Crippen LogP contribution is -2.17. The van der Waals surface area contributed by atoms with Crippen LogP contribution in [0, 0.1) is 0 Å². The van der Waals surface area contributed by atoms with Gasteiger partial charge in [-0.05, 0) is 44.2 Å². The van der Waals surface area contributed by atoms with Crippen molar-refractivity contribution in [3.05, 3.63) is 22.8 Å². The number of pyridine rings is 1. The van der Waals surface area contributed by atoms with Crippen molar-refractivity contribution >= 4 is 11.6 Å². The lowest BCUT2D eigenvalue weighted by Gasteiger charge is -2.17. The predicted octanol–water partition coefficient (Wildman–Crippen LogP) is 4.34. The second-order valence-electron chi connectivity index (χ2n) is 5.52. The fourth-order valence-corrected chi connectivity index (χ4v) is 2.76. The summed E-state index contributed by atoms with van der Waals surface area (Å²) in [4.78, 5) is 4.31. The van der Waals surface area contributed by atoms with Crippen LogP contribution in [0.25, 0.3) is 0 Å². The van der Waals surface area contributed by atoms with Crippen molar-refractivity contribution < 1.29 is 4.74 Å². The van der Waals surface area contributed by atoms with Gasteiger partial charge in [0.1, 0.15) is 6.10 Å². The SMILES string of the molecule is CCCNCc1cc(OC2CCCCCC2)ncc1Cl. The van der Waals surface area contributed by atoms with Gasteiger partial charge in [-0.1, -0.05) is 31.4 Å². The van der Waals surface area contributed by atoms with Crippen molar-refractivity contribution in [1.29, 1.82) is 0 Å². The summed E-state index contributed by atoms with van der Waals surface area (Å²) in [7, 11) is 0. The minimum Gasteiger partial charge on any atom is -0.474 e. The average molecular weight is 297 g/mol. The molecule has 1 aliphatic rings. The molecule has 1 heterocycles. The van der Waals surface area contributed by atoms with Crippen LogP contribution in [0.3, 0.4) is 0 Å². The van der Waals surface area contributed by atoms with Gasteiger partial charge in [0, 0.05) is 18.8 Å². The van der Waals surface area contributed by atoms with E-state index in [0.717, 1.165) is 43.8 Å². The van der Waals surface area contributed by atoms with E-state index in [-0.39, 0.29) is 0 Å². The van der Waals surface area contributed by atoms with Crippen molar-refractivity contribution in [2.45, 2.75) is 64.5 Å². The number of hydrogen-bond acceptors (Lipinski definition) is 3. The minimum atomic E-state index is 0.322. The highest BCUT2D eigenvalue weighted by Gasteiger charge is 2.15. The lowest BCUT2D eigenvalue weighted by molar-refractivity contribution is 0.176. The number of rotatable bonds is 6. The maximum atomic E-state index is 6.19. The normalized spacial score (nSPS) is 16.9. The molecule has 1 aromatic rings. The molecule has 0 atom stereocenters. The molecule has 3 nitrogen and oxygen atoms in total. The van der Waals surface area contributed by atoms with Gasteiger partial charge in [-0.3, -0.25) is 0 Å². The van der Waals surface area contributed by atoms with Gasteiger partial charge < -0.3 is 10.1 Å². The molecule has 1 aliphatic carbocycles. The van der Waals surface area contributed by atoms with Gasteiger partial charge >= 0.3 is 0 Å². The van der Waals surface area contributed by atoms with Gasteiger partial charge in [0.2, 0.25) is 5.88 Å². The topological polar surface area (TPSA) is 34.1 Å². The van der Waals surface area contributed by atoms with Crippen molar-refractivity contribution in [1.82, 2.24) is 10.3 Å². The monoisotopic (exact) mass is 296 g/mol. The Morgan fingerprint density at radius 3 is 2.75 bits per heavy atom. The highest BCUT2D eigenvalue weighted by Crippen LogP contribution is 2.24. The Balaban J connectivity index is 1.95. The quantitative estimate of drug-likeness (QED) is 0.626. The summed E-state index contributed by atoms with van der Waals surface area (Å²) in [5.74, 6) is 0.717. The van der Waals surface area contributed by atoms with Crippen LogP contribution in [-0.2, 0) is 6.54 Å². The summed E-state index contributed by atoms with van der Waals surface area (Å²) < 4.78 is 6.04. The number of ether oxygens (including phenoxy) is 1. The van der Waals surface area contributed by atoms with Gasteiger partial charge in [-0.25, -0.2) is 4.98 Å². The van der Waals surface area contributed by atoms with E-state index in [4.69, 9.17) is 16.3 Å². The number of halogens is 1. The van der Waals surface area contributed by atoms with Crippen LogP contribution >= 0.6 is 11.6 Å². The molecule has 20 heavy (non-hydrogen) atoms. The first-order valence-corrected chi connectivity index (χ1v) is 8.19. The Morgan fingerprint density at radius 2 is 2.05 bits per heavy atom. The second-order valence-corrected chi connectivity index (χ2v) is 5.93. The highest BCUT2D eigenvalue weighted by atomic mass is 35.5. The third-order valence-electron chi connectivity index (χ3n) is 3.74. The van der Waals surface area contributed by atoms with E-state index in [9.17, 15) is 0 Å². The van der Waals surface area contributed by atoms with E-state index in [2.05, 4.69) is 17.2 Å².